The van der Waals surface area contributed by atoms with Crippen LogP contribution in [0.3, 0.4) is 0 Å². The van der Waals surface area contributed by atoms with Crippen molar-refractivity contribution in [1.29, 1.82) is 0 Å². The molecule has 0 atom stereocenters. The molecule has 1 saturated carbocycles. The molecule has 1 aromatic carbocycles. The molecule has 2 fully saturated rings. The summed E-state index contributed by atoms with van der Waals surface area (Å²) in [6.45, 7) is 7.61. The van der Waals surface area contributed by atoms with Gasteiger partial charge in [-0.05, 0) is 37.9 Å². The first-order valence-electron chi connectivity index (χ1n) is 8.93. The van der Waals surface area contributed by atoms with E-state index >= 15 is 0 Å². The van der Waals surface area contributed by atoms with E-state index in [0.717, 1.165) is 63.4 Å². The Labute approximate surface area is 143 Å². The van der Waals surface area contributed by atoms with Crippen LogP contribution in [0.5, 0.6) is 0 Å². The summed E-state index contributed by atoms with van der Waals surface area (Å²) < 4.78 is 0. The lowest BCUT2D eigenvalue weighted by Crippen LogP contribution is -2.49. The lowest BCUT2D eigenvalue weighted by atomic mass is 9.80. The first-order valence-corrected chi connectivity index (χ1v) is 8.93. The SMILES string of the molecule is CCN1CCN(c2ccccc2NC(=O)NCC2(O)CCC2)CC1. The van der Waals surface area contributed by atoms with Crippen LogP contribution in [0, 0.1) is 0 Å². The summed E-state index contributed by atoms with van der Waals surface area (Å²) >= 11 is 0. The maximum Gasteiger partial charge on any atom is 0.319 e. The first kappa shape index (κ1) is 17.0. The minimum atomic E-state index is -0.701. The second-order valence-electron chi connectivity index (χ2n) is 6.82. The molecule has 1 aromatic rings. The third-order valence-corrected chi connectivity index (χ3v) is 5.17. The van der Waals surface area contributed by atoms with Crippen LogP contribution in [0.1, 0.15) is 26.2 Å². The molecule has 3 N–H and O–H groups in total. The van der Waals surface area contributed by atoms with Gasteiger partial charge in [0, 0.05) is 32.7 Å². The van der Waals surface area contributed by atoms with E-state index < -0.39 is 5.60 Å². The van der Waals surface area contributed by atoms with Crippen molar-refractivity contribution in [1.82, 2.24) is 10.2 Å². The van der Waals surface area contributed by atoms with E-state index in [4.69, 9.17) is 0 Å². The van der Waals surface area contributed by atoms with Gasteiger partial charge in [-0.1, -0.05) is 19.1 Å². The summed E-state index contributed by atoms with van der Waals surface area (Å²) in [6.07, 6.45) is 2.57. The van der Waals surface area contributed by atoms with Crippen molar-refractivity contribution in [2.75, 3.05) is 49.5 Å². The Kier molecular flexibility index (Phi) is 5.26. The number of carbonyl (C=O) groups is 1. The molecule has 1 aliphatic carbocycles. The zero-order valence-electron chi connectivity index (χ0n) is 14.4. The second-order valence-corrected chi connectivity index (χ2v) is 6.82. The molecule has 1 saturated heterocycles. The van der Waals surface area contributed by atoms with Crippen molar-refractivity contribution >= 4 is 17.4 Å². The molecule has 0 radical (unpaired) electrons. The number of piperazine rings is 1. The number of hydrogen-bond acceptors (Lipinski definition) is 4. The third kappa shape index (κ3) is 3.99. The minimum Gasteiger partial charge on any atom is -0.388 e. The zero-order chi connectivity index (χ0) is 17.0. The van der Waals surface area contributed by atoms with E-state index in [1.807, 2.05) is 18.2 Å². The molecule has 1 aliphatic heterocycles. The van der Waals surface area contributed by atoms with Gasteiger partial charge in [-0.3, -0.25) is 0 Å². The summed E-state index contributed by atoms with van der Waals surface area (Å²) in [4.78, 5) is 16.9. The monoisotopic (exact) mass is 332 g/mol. The van der Waals surface area contributed by atoms with E-state index in [9.17, 15) is 9.90 Å². The number of likely N-dealkylation sites (N-methyl/N-ethyl adjacent to an activating group) is 1. The average Bonchev–Trinajstić information content (AvgIpc) is 2.59. The van der Waals surface area contributed by atoms with Gasteiger partial charge in [0.1, 0.15) is 0 Å². The normalized spacial score (nSPS) is 20.3. The van der Waals surface area contributed by atoms with Crippen LogP contribution in [-0.2, 0) is 0 Å². The van der Waals surface area contributed by atoms with Crippen molar-refractivity contribution in [2.45, 2.75) is 31.8 Å². The van der Waals surface area contributed by atoms with Gasteiger partial charge in [0.05, 0.1) is 17.0 Å². The summed E-state index contributed by atoms with van der Waals surface area (Å²) in [5, 5.41) is 15.8. The second kappa shape index (κ2) is 7.40. The molecular weight excluding hydrogens is 304 g/mol. The number of hydrogen-bond donors (Lipinski definition) is 3. The number of rotatable bonds is 5. The molecule has 24 heavy (non-hydrogen) atoms. The topological polar surface area (TPSA) is 67.8 Å². The number of carbonyl (C=O) groups excluding carboxylic acids is 1. The predicted molar refractivity (Wildman–Crippen MR) is 96.6 cm³/mol. The van der Waals surface area contributed by atoms with Gasteiger partial charge < -0.3 is 25.5 Å². The Bertz CT molecular complexity index is 566. The number of nitrogens with zero attached hydrogens (tertiary/aromatic N) is 2. The van der Waals surface area contributed by atoms with Crippen LogP contribution in [0.15, 0.2) is 24.3 Å². The fraction of sp³-hybridized carbons (Fsp3) is 0.611. The highest BCUT2D eigenvalue weighted by molar-refractivity contribution is 5.93. The van der Waals surface area contributed by atoms with Crippen molar-refractivity contribution in [2.24, 2.45) is 0 Å². The van der Waals surface area contributed by atoms with E-state index in [0.29, 0.717) is 6.54 Å². The number of nitrogens with one attached hydrogen (secondary N) is 2. The Hall–Kier alpha value is -1.79. The van der Waals surface area contributed by atoms with E-state index in [-0.39, 0.29) is 6.03 Å². The predicted octanol–water partition coefficient (Wildman–Crippen LogP) is 1.86. The minimum absolute atomic E-state index is 0.255. The Morgan fingerprint density at radius 3 is 2.54 bits per heavy atom. The lowest BCUT2D eigenvalue weighted by molar-refractivity contribution is -0.0287. The summed E-state index contributed by atoms with van der Waals surface area (Å²) in [6, 6.07) is 7.66. The van der Waals surface area contributed by atoms with E-state index in [2.05, 4.69) is 33.4 Å². The number of amides is 2. The lowest BCUT2D eigenvalue weighted by Gasteiger charge is -2.37. The molecule has 0 bridgehead atoms. The highest BCUT2D eigenvalue weighted by atomic mass is 16.3. The van der Waals surface area contributed by atoms with Crippen molar-refractivity contribution in [3.63, 3.8) is 0 Å². The van der Waals surface area contributed by atoms with Gasteiger partial charge in [-0.25, -0.2) is 4.79 Å². The van der Waals surface area contributed by atoms with E-state index in [1.54, 1.807) is 0 Å². The van der Waals surface area contributed by atoms with Crippen molar-refractivity contribution < 1.29 is 9.90 Å². The van der Waals surface area contributed by atoms with Crippen LogP contribution >= 0.6 is 0 Å². The van der Waals surface area contributed by atoms with Crippen LogP contribution in [0.25, 0.3) is 0 Å². The largest absolute Gasteiger partial charge is 0.388 e. The average molecular weight is 332 g/mol. The number of aliphatic hydroxyl groups is 1. The number of para-hydroxylation sites is 2. The quantitative estimate of drug-likeness (QED) is 0.770. The molecule has 2 amide bonds. The molecule has 3 rings (SSSR count). The number of benzene rings is 1. The molecule has 0 unspecified atom stereocenters. The van der Waals surface area contributed by atoms with E-state index in [1.165, 1.54) is 0 Å². The third-order valence-electron chi connectivity index (χ3n) is 5.17. The Morgan fingerprint density at radius 2 is 1.92 bits per heavy atom. The van der Waals surface area contributed by atoms with Crippen LogP contribution in [0.4, 0.5) is 16.2 Å². The molecule has 0 aromatic heterocycles. The van der Waals surface area contributed by atoms with Gasteiger partial charge in [-0.15, -0.1) is 0 Å². The fourth-order valence-electron chi connectivity index (χ4n) is 3.33. The standard InChI is InChI=1S/C18H28N4O2/c1-2-21-10-12-22(13-11-21)16-7-4-3-6-15(16)20-17(23)19-14-18(24)8-5-9-18/h3-4,6-7,24H,2,5,8-14H2,1H3,(H2,19,20,23). The summed E-state index contributed by atoms with van der Waals surface area (Å²) in [5.41, 5.74) is 1.18. The van der Waals surface area contributed by atoms with Crippen LogP contribution in [-0.4, -0.2) is 60.9 Å². The number of anilines is 2. The molecule has 6 heteroatoms. The first-order chi connectivity index (χ1) is 11.6. The van der Waals surface area contributed by atoms with Gasteiger partial charge in [0.25, 0.3) is 0 Å². The smallest absolute Gasteiger partial charge is 0.319 e. The fourth-order valence-corrected chi connectivity index (χ4v) is 3.33. The highest BCUT2D eigenvalue weighted by Crippen LogP contribution is 2.31. The van der Waals surface area contributed by atoms with Gasteiger partial charge in [0.15, 0.2) is 0 Å². The summed E-state index contributed by atoms with van der Waals surface area (Å²) in [5.74, 6) is 0. The van der Waals surface area contributed by atoms with Crippen LogP contribution in [0.2, 0.25) is 0 Å². The molecule has 1 heterocycles. The maximum atomic E-state index is 12.2. The van der Waals surface area contributed by atoms with Gasteiger partial charge in [0.2, 0.25) is 0 Å². The Balaban J connectivity index is 1.58. The zero-order valence-corrected chi connectivity index (χ0v) is 14.4. The molecular formula is C18H28N4O2. The molecule has 6 nitrogen and oxygen atoms in total. The molecule has 0 spiro atoms. The Morgan fingerprint density at radius 1 is 1.21 bits per heavy atom. The van der Waals surface area contributed by atoms with Crippen LogP contribution < -0.4 is 15.5 Å². The van der Waals surface area contributed by atoms with Gasteiger partial charge in [-0.2, -0.15) is 0 Å². The molecule has 2 aliphatic rings. The maximum absolute atomic E-state index is 12.2. The van der Waals surface area contributed by atoms with Crippen molar-refractivity contribution in [3.8, 4) is 0 Å². The van der Waals surface area contributed by atoms with Gasteiger partial charge >= 0.3 is 6.03 Å². The summed E-state index contributed by atoms with van der Waals surface area (Å²) in [7, 11) is 0. The highest BCUT2D eigenvalue weighted by Gasteiger charge is 2.34. The number of urea groups is 1. The van der Waals surface area contributed by atoms with Crippen molar-refractivity contribution in [3.05, 3.63) is 24.3 Å². The molecule has 132 valence electrons.